The molecule has 0 aliphatic heterocycles. The molecule has 0 aromatic heterocycles. The Balaban J connectivity index is 1.80. The van der Waals surface area contributed by atoms with Crippen LogP contribution >= 0.6 is 0 Å². The maximum absolute atomic E-state index is 13.3. The Labute approximate surface area is 206 Å². The summed E-state index contributed by atoms with van der Waals surface area (Å²) in [5, 5.41) is 18.2. The van der Waals surface area contributed by atoms with Crippen LogP contribution in [0.2, 0.25) is 0 Å². The van der Waals surface area contributed by atoms with E-state index in [9.17, 15) is 4.79 Å². The number of aliphatic imine (C=N–C) groups is 1. The normalized spacial score (nSPS) is 19.7. The predicted molar refractivity (Wildman–Crippen MR) is 134 cm³/mol. The molecule has 1 fully saturated rings. The zero-order valence-corrected chi connectivity index (χ0v) is 20.7. The van der Waals surface area contributed by atoms with Crippen molar-refractivity contribution in [1.29, 1.82) is 5.26 Å². The van der Waals surface area contributed by atoms with Gasteiger partial charge in [0.15, 0.2) is 11.5 Å². The highest BCUT2D eigenvalue weighted by atomic mass is 16.5. The smallest absolute Gasteiger partial charge is 0.255 e. The maximum atomic E-state index is 13.3. The summed E-state index contributed by atoms with van der Waals surface area (Å²) in [6.45, 7) is 0.477. The van der Waals surface area contributed by atoms with E-state index in [1.165, 1.54) is 26.9 Å². The third-order valence-corrected chi connectivity index (χ3v) is 6.60. The van der Waals surface area contributed by atoms with E-state index in [-0.39, 0.29) is 17.4 Å². The molecule has 35 heavy (non-hydrogen) atoms. The molecule has 2 aromatic carbocycles. The molecular weight excluding hydrogens is 446 g/mol. The summed E-state index contributed by atoms with van der Waals surface area (Å²) in [5.41, 5.74) is 1.36. The Morgan fingerprint density at radius 3 is 2.31 bits per heavy atom. The molecule has 0 bridgehead atoms. The molecule has 9 heteroatoms. The molecule has 0 heterocycles. The number of guanidine groups is 1. The number of carbonyl (C=O) groups excluding carboxylic acids is 1. The van der Waals surface area contributed by atoms with Crippen molar-refractivity contribution >= 4 is 11.9 Å². The molecule has 3 N–H and O–H groups in total. The van der Waals surface area contributed by atoms with Crippen molar-refractivity contribution in [3.05, 3.63) is 53.6 Å². The maximum Gasteiger partial charge on any atom is 0.255 e. The van der Waals surface area contributed by atoms with Crippen molar-refractivity contribution in [3.8, 4) is 23.4 Å². The number of ether oxygens (including phenoxy) is 3. The summed E-state index contributed by atoms with van der Waals surface area (Å²) in [6, 6.07) is 13.9. The number of methoxy groups -OCH3 is 3. The van der Waals surface area contributed by atoms with E-state index in [2.05, 4.69) is 33.1 Å². The topological polar surface area (TPSA) is 117 Å². The van der Waals surface area contributed by atoms with E-state index in [0.29, 0.717) is 35.3 Å². The van der Waals surface area contributed by atoms with Crippen molar-refractivity contribution < 1.29 is 19.0 Å². The second kappa shape index (κ2) is 12.0. The van der Waals surface area contributed by atoms with Gasteiger partial charge in [0, 0.05) is 25.0 Å². The first-order valence-corrected chi connectivity index (χ1v) is 11.6. The standard InChI is InChI=1S/C26H33N5O4/c1-28-25(30-17-27)31-19-12-14-26(15-13-19,18-8-6-5-7-9-18)16-29-24(32)20-10-11-21(33-2)23(35-4)22(20)34-3/h5-11,19H,12-16H2,1-4H3,(H,29,32)(H2,28,30,31)/t19-,26-. The highest BCUT2D eigenvalue weighted by Crippen LogP contribution is 2.41. The van der Waals surface area contributed by atoms with Crippen molar-refractivity contribution in [1.82, 2.24) is 16.0 Å². The first-order chi connectivity index (χ1) is 17.0. The molecule has 1 amide bonds. The lowest BCUT2D eigenvalue weighted by Gasteiger charge is -2.41. The second-order valence-corrected chi connectivity index (χ2v) is 8.44. The van der Waals surface area contributed by atoms with Gasteiger partial charge in [-0.2, -0.15) is 5.26 Å². The van der Waals surface area contributed by atoms with Crippen LogP contribution in [0.4, 0.5) is 0 Å². The van der Waals surface area contributed by atoms with Gasteiger partial charge in [0.2, 0.25) is 17.9 Å². The third kappa shape index (κ3) is 5.77. The van der Waals surface area contributed by atoms with Crippen LogP contribution in [0.15, 0.2) is 47.5 Å². The fourth-order valence-electron chi connectivity index (χ4n) is 4.70. The highest BCUT2D eigenvalue weighted by Gasteiger charge is 2.37. The van der Waals surface area contributed by atoms with Crippen LogP contribution in [-0.2, 0) is 5.41 Å². The molecule has 3 rings (SSSR count). The third-order valence-electron chi connectivity index (χ3n) is 6.60. The van der Waals surface area contributed by atoms with E-state index >= 15 is 0 Å². The number of nitrogens with one attached hydrogen (secondary N) is 3. The van der Waals surface area contributed by atoms with Gasteiger partial charge >= 0.3 is 0 Å². The summed E-state index contributed by atoms with van der Waals surface area (Å²) in [6.07, 6.45) is 5.28. The largest absolute Gasteiger partial charge is 0.493 e. The second-order valence-electron chi connectivity index (χ2n) is 8.44. The first kappa shape index (κ1) is 25.7. The van der Waals surface area contributed by atoms with Crippen molar-refractivity contribution in [2.45, 2.75) is 37.1 Å². The summed E-state index contributed by atoms with van der Waals surface area (Å²) in [7, 11) is 6.29. The van der Waals surface area contributed by atoms with Crippen LogP contribution in [0.1, 0.15) is 41.6 Å². The van der Waals surface area contributed by atoms with Gasteiger partial charge in [0.25, 0.3) is 5.91 Å². The predicted octanol–water partition coefficient (Wildman–Crippen LogP) is 2.97. The molecule has 1 aliphatic carbocycles. The average Bonchev–Trinajstić information content (AvgIpc) is 2.91. The molecule has 9 nitrogen and oxygen atoms in total. The Bertz CT molecular complexity index is 1070. The molecule has 186 valence electrons. The average molecular weight is 480 g/mol. The number of benzene rings is 2. The molecule has 1 saturated carbocycles. The molecule has 0 unspecified atom stereocenters. The number of rotatable bonds is 8. The van der Waals surface area contributed by atoms with Crippen LogP contribution in [0.5, 0.6) is 17.2 Å². The van der Waals surface area contributed by atoms with Gasteiger partial charge in [-0.05, 0) is 43.4 Å². The zero-order chi connectivity index (χ0) is 25.3. The first-order valence-electron chi connectivity index (χ1n) is 11.6. The molecule has 1 aliphatic rings. The summed E-state index contributed by atoms with van der Waals surface area (Å²) in [4.78, 5) is 17.1. The minimum Gasteiger partial charge on any atom is -0.493 e. The van der Waals surface area contributed by atoms with E-state index in [1.54, 1.807) is 19.2 Å². The Morgan fingerprint density at radius 2 is 1.74 bits per heavy atom. The molecule has 0 saturated heterocycles. The molecule has 0 radical (unpaired) electrons. The minimum absolute atomic E-state index is 0.188. The van der Waals surface area contributed by atoms with Crippen LogP contribution in [-0.4, -0.2) is 52.8 Å². The van der Waals surface area contributed by atoms with Crippen molar-refractivity contribution in [2.75, 3.05) is 34.9 Å². The number of hydrogen-bond acceptors (Lipinski definition) is 6. The Kier molecular flexibility index (Phi) is 8.79. The van der Waals surface area contributed by atoms with Crippen LogP contribution in [0, 0.1) is 11.5 Å². The molecule has 2 aromatic rings. The quantitative estimate of drug-likeness (QED) is 0.303. The SMILES string of the molecule is CN/C(=N\C#N)N[C@H]1CC[C@](CNC(=O)c2ccc(OC)c(OC)c2OC)(c2ccccc2)CC1. The number of nitriles is 1. The van der Waals surface area contributed by atoms with Crippen LogP contribution in [0.25, 0.3) is 0 Å². The summed E-state index contributed by atoms with van der Waals surface area (Å²) >= 11 is 0. The molecular formula is C26H33N5O4. The molecule has 0 spiro atoms. The number of carbonyl (C=O) groups is 1. The number of amides is 1. The van der Waals surface area contributed by atoms with E-state index < -0.39 is 0 Å². The van der Waals surface area contributed by atoms with E-state index in [1.807, 2.05) is 24.4 Å². The number of hydrogen-bond donors (Lipinski definition) is 3. The highest BCUT2D eigenvalue weighted by molar-refractivity contribution is 5.98. The van der Waals surface area contributed by atoms with Gasteiger partial charge in [-0.25, -0.2) is 0 Å². The van der Waals surface area contributed by atoms with Gasteiger partial charge in [-0.1, -0.05) is 30.3 Å². The molecule has 0 atom stereocenters. The summed E-state index contributed by atoms with van der Waals surface area (Å²) in [5.74, 6) is 1.44. The van der Waals surface area contributed by atoms with Gasteiger partial charge in [-0.3, -0.25) is 4.79 Å². The lowest BCUT2D eigenvalue weighted by Crippen LogP contribution is -2.49. The number of nitrogens with zero attached hydrogens (tertiary/aromatic N) is 2. The van der Waals surface area contributed by atoms with Crippen LogP contribution < -0.4 is 30.2 Å². The van der Waals surface area contributed by atoms with Crippen molar-refractivity contribution in [2.24, 2.45) is 4.99 Å². The van der Waals surface area contributed by atoms with Gasteiger partial charge in [0.1, 0.15) is 0 Å². The minimum atomic E-state index is -0.239. The Morgan fingerprint density at radius 1 is 1.06 bits per heavy atom. The van der Waals surface area contributed by atoms with E-state index in [0.717, 1.165) is 25.7 Å². The fraction of sp³-hybridized carbons (Fsp3) is 0.423. The van der Waals surface area contributed by atoms with E-state index in [4.69, 9.17) is 19.5 Å². The lowest BCUT2D eigenvalue weighted by atomic mass is 9.68. The van der Waals surface area contributed by atoms with Gasteiger partial charge in [0.05, 0.1) is 26.9 Å². The van der Waals surface area contributed by atoms with Crippen LogP contribution in [0.3, 0.4) is 0 Å². The fourth-order valence-corrected chi connectivity index (χ4v) is 4.70. The monoisotopic (exact) mass is 479 g/mol. The van der Waals surface area contributed by atoms with Gasteiger partial charge < -0.3 is 30.2 Å². The zero-order valence-electron chi connectivity index (χ0n) is 20.7. The lowest BCUT2D eigenvalue weighted by molar-refractivity contribution is 0.0931. The van der Waals surface area contributed by atoms with Gasteiger partial charge in [-0.15, -0.1) is 4.99 Å². The Hall–Kier alpha value is -3.93. The van der Waals surface area contributed by atoms with Crippen molar-refractivity contribution in [3.63, 3.8) is 0 Å². The summed E-state index contributed by atoms with van der Waals surface area (Å²) < 4.78 is 16.3.